The lowest BCUT2D eigenvalue weighted by atomic mass is 10.1. The Kier molecular flexibility index (Phi) is 3.05. The number of hydrogen-bond donors (Lipinski definition) is 1. The number of benzene rings is 1. The van der Waals surface area contributed by atoms with Crippen molar-refractivity contribution in [1.82, 2.24) is 9.38 Å². The maximum Gasteiger partial charge on any atom is 0.139 e. The number of nitrogen functional groups attached to an aromatic ring is 1. The van der Waals surface area contributed by atoms with Crippen molar-refractivity contribution < 1.29 is 0 Å². The zero-order valence-corrected chi connectivity index (χ0v) is 11.8. The van der Waals surface area contributed by atoms with Gasteiger partial charge in [-0.2, -0.15) is 0 Å². The minimum absolute atomic E-state index is 0.488. The fraction of sp³-hybridized carbons (Fsp3) is 0. The minimum Gasteiger partial charge on any atom is -0.383 e. The van der Waals surface area contributed by atoms with Crippen LogP contribution < -0.4 is 5.73 Å². The van der Waals surface area contributed by atoms with E-state index in [1.807, 2.05) is 0 Å². The van der Waals surface area contributed by atoms with Gasteiger partial charge in [0.1, 0.15) is 17.2 Å². The molecule has 0 fully saturated rings. The van der Waals surface area contributed by atoms with Crippen LogP contribution in [0.2, 0.25) is 15.1 Å². The number of imidazole rings is 1. The van der Waals surface area contributed by atoms with Crippen LogP contribution in [-0.2, 0) is 0 Å². The highest BCUT2D eigenvalue weighted by atomic mass is 35.5. The molecular formula is C13H8Cl3N3. The largest absolute Gasteiger partial charge is 0.383 e. The fourth-order valence-corrected chi connectivity index (χ4v) is 2.58. The van der Waals surface area contributed by atoms with Gasteiger partial charge >= 0.3 is 0 Å². The summed E-state index contributed by atoms with van der Waals surface area (Å²) in [5.41, 5.74) is 8.16. The van der Waals surface area contributed by atoms with Crippen LogP contribution in [0, 0.1) is 0 Å². The summed E-state index contributed by atoms with van der Waals surface area (Å²) in [4.78, 5) is 4.47. The first-order valence-electron chi connectivity index (χ1n) is 5.45. The van der Waals surface area contributed by atoms with Gasteiger partial charge in [0.25, 0.3) is 0 Å². The Hall–Kier alpha value is -1.42. The SMILES string of the molecule is Nc1c(-c2ccc(Cl)cc2Cl)nc2ccc(Cl)cn12. The Morgan fingerprint density at radius 1 is 1.00 bits per heavy atom. The number of pyridine rings is 1. The standard InChI is InChI=1S/C13H8Cl3N3/c14-7-1-3-9(10(16)5-7)12-13(17)19-6-8(15)2-4-11(19)18-12/h1-6H,17H2. The van der Waals surface area contributed by atoms with Crippen molar-refractivity contribution in [2.75, 3.05) is 5.73 Å². The summed E-state index contributed by atoms with van der Waals surface area (Å²) in [6, 6.07) is 8.76. The minimum atomic E-state index is 0.488. The molecule has 19 heavy (non-hydrogen) atoms. The van der Waals surface area contributed by atoms with E-state index in [9.17, 15) is 0 Å². The molecule has 3 rings (SSSR count). The van der Waals surface area contributed by atoms with E-state index in [1.54, 1.807) is 40.9 Å². The second-order valence-corrected chi connectivity index (χ2v) is 5.33. The van der Waals surface area contributed by atoms with Gasteiger partial charge in [-0.25, -0.2) is 4.98 Å². The van der Waals surface area contributed by atoms with Crippen molar-refractivity contribution in [3.8, 4) is 11.3 Å². The number of nitrogens with zero attached hydrogens (tertiary/aromatic N) is 2. The zero-order valence-electron chi connectivity index (χ0n) is 9.57. The molecule has 96 valence electrons. The van der Waals surface area contributed by atoms with Crippen molar-refractivity contribution in [1.29, 1.82) is 0 Å². The van der Waals surface area contributed by atoms with E-state index in [2.05, 4.69) is 4.98 Å². The summed E-state index contributed by atoms with van der Waals surface area (Å²) in [6.45, 7) is 0. The predicted octanol–water partition coefficient (Wildman–Crippen LogP) is 4.54. The molecule has 6 heteroatoms. The quantitative estimate of drug-likeness (QED) is 0.716. The summed E-state index contributed by atoms with van der Waals surface area (Å²) in [6.07, 6.45) is 1.71. The van der Waals surface area contributed by atoms with Gasteiger partial charge in [0.15, 0.2) is 0 Å². The molecule has 3 aromatic rings. The first-order valence-corrected chi connectivity index (χ1v) is 6.58. The molecule has 0 saturated carbocycles. The Morgan fingerprint density at radius 3 is 2.47 bits per heavy atom. The maximum atomic E-state index is 6.18. The zero-order chi connectivity index (χ0) is 13.6. The molecule has 1 aromatic carbocycles. The van der Waals surface area contributed by atoms with Crippen LogP contribution in [0.15, 0.2) is 36.5 Å². The molecule has 0 amide bonds. The Morgan fingerprint density at radius 2 is 1.74 bits per heavy atom. The van der Waals surface area contributed by atoms with E-state index >= 15 is 0 Å². The highest BCUT2D eigenvalue weighted by Gasteiger charge is 2.14. The molecule has 0 saturated heterocycles. The Labute approximate surface area is 124 Å². The van der Waals surface area contributed by atoms with Crippen molar-refractivity contribution in [3.63, 3.8) is 0 Å². The highest BCUT2D eigenvalue weighted by Crippen LogP contribution is 2.34. The number of hydrogen-bond acceptors (Lipinski definition) is 2. The molecule has 2 N–H and O–H groups in total. The molecular weight excluding hydrogens is 305 g/mol. The number of halogens is 3. The van der Waals surface area contributed by atoms with Crippen LogP contribution in [0.4, 0.5) is 5.82 Å². The maximum absolute atomic E-state index is 6.18. The van der Waals surface area contributed by atoms with Crippen LogP contribution in [0.5, 0.6) is 0 Å². The van der Waals surface area contributed by atoms with E-state index < -0.39 is 0 Å². The molecule has 0 bridgehead atoms. The molecule has 0 aliphatic carbocycles. The van der Waals surface area contributed by atoms with Gasteiger partial charge in [-0.15, -0.1) is 0 Å². The number of aromatic nitrogens is 2. The number of rotatable bonds is 1. The van der Waals surface area contributed by atoms with Gasteiger partial charge in [-0.1, -0.05) is 34.8 Å². The lowest BCUT2D eigenvalue weighted by molar-refractivity contribution is 1.20. The second kappa shape index (κ2) is 4.60. The van der Waals surface area contributed by atoms with Crippen LogP contribution in [0.25, 0.3) is 16.9 Å². The van der Waals surface area contributed by atoms with E-state index in [0.29, 0.717) is 32.2 Å². The first kappa shape index (κ1) is 12.6. The number of anilines is 1. The molecule has 0 spiro atoms. The van der Waals surface area contributed by atoms with Crippen LogP contribution in [0.1, 0.15) is 0 Å². The fourth-order valence-electron chi connectivity index (χ4n) is 1.92. The Balaban J connectivity index is 2.28. The van der Waals surface area contributed by atoms with Gasteiger partial charge in [0, 0.05) is 16.8 Å². The smallest absolute Gasteiger partial charge is 0.139 e. The average molecular weight is 313 g/mol. The third-order valence-corrected chi connectivity index (χ3v) is 3.58. The monoisotopic (exact) mass is 311 g/mol. The lowest BCUT2D eigenvalue weighted by Crippen LogP contribution is -1.94. The lowest BCUT2D eigenvalue weighted by Gasteiger charge is -2.03. The molecule has 2 aromatic heterocycles. The van der Waals surface area contributed by atoms with Crippen LogP contribution in [-0.4, -0.2) is 9.38 Å². The molecule has 0 radical (unpaired) electrons. The normalized spacial score (nSPS) is 11.1. The summed E-state index contributed by atoms with van der Waals surface area (Å²) >= 11 is 18.0. The van der Waals surface area contributed by atoms with Gasteiger partial charge in [-0.3, -0.25) is 4.40 Å². The van der Waals surface area contributed by atoms with Crippen LogP contribution in [0.3, 0.4) is 0 Å². The Bertz CT molecular complexity index is 780. The van der Waals surface area contributed by atoms with Gasteiger partial charge in [0.05, 0.1) is 10.0 Å². The molecule has 0 atom stereocenters. The van der Waals surface area contributed by atoms with Crippen molar-refractivity contribution in [3.05, 3.63) is 51.6 Å². The number of nitrogens with two attached hydrogens (primary N) is 1. The molecule has 0 unspecified atom stereocenters. The molecule has 2 heterocycles. The van der Waals surface area contributed by atoms with Crippen molar-refractivity contribution in [2.45, 2.75) is 0 Å². The molecule has 3 nitrogen and oxygen atoms in total. The van der Waals surface area contributed by atoms with E-state index in [4.69, 9.17) is 40.5 Å². The molecule has 0 aliphatic rings. The predicted molar refractivity (Wildman–Crippen MR) is 80.1 cm³/mol. The van der Waals surface area contributed by atoms with E-state index in [0.717, 1.165) is 5.56 Å². The highest BCUT2D eigenvalue weighted by molar-refractivity contribution is 6.36. The van der Waals surface area contributed by atoms with Crippen molar-refractivity contribution >= 4 is 46.3 Å². The van der Waals surface area contributed by atoms with Crippen LogP contribution >= 0.6 is 34.8 Å². The van der Waals surface area contributed by atoms with Gasteiger partial charge in [0.2, 0.25) is 0 Å². The summed E-state index contributed by atoms with van der Waals surface area (Å²) < 4.78 is 1.72. The number of fused-ring (bicyclic) bond motifs is 1. The summed E-state index contributed by atoms with van der Waals surface area (Å²) in [5.74, 6) is 0.488. The molecule has 0 aliphatic heterocycles. The summed E-state index contributed by atoms with van der Waals surface area (Å²) in [7, 11) is 0. The summed E-state index contributed by atoms with van der Waals surface area (Å²) in [5, 5.41) is 1.66. The van der Waals surface area contributed by atoms with Crippen molar-refractivity contribution in [2.24, 2.45) is 0 Å². The first-order chi connectivity index (χ1) is 9.06. The average Bonchev–Trinajstić information content (AvgIpc) is 2.67. The van der Waals surface area contributed by atoms with E-state index in [1.165, 1.54) is 0 Å². The van der Waals surface area contributed by atoms with Gasteiger partial charge in [-0.05, 0) is 30.3 Å². The van der Waals surface area contributed by atoms with Gasteiger partial charge < -0.3 is 5.73 Å². The third-order valence-electron chi connectivity index (χ3n) is 2.81. The topological polar surface area (TPSA) is 43.3 Å². The van der Waals surface area contributed by atoms with E-state index in [-0.39, 0.29) is 0 Å². The second-order valence-electron chi connectivity index (χ2n) is 4.05. The third kappa shape index (κ3) is 2.14.